The molecule has 1 aliphatic heterocycles. The molecule has 0 bridgehead atoms. The predicted octanol–water partition coefficient (Wildman–Crippen LogP) is 0.461. The highest BCUT2D eigenvalue weighted by Crippen LogP contribution is 2.29. The Morgan fingerprint density at radius 1 is 1.14 bits per heavy atom. The van der Waals surface area contributed by atoms with Crippen LogP contribution in [0.25, 0.3) is 0 Å². The minimum Gasteiger partial charge on any atom is -0.394 e. The van der Waals surface area contributed by atoms with E-state index in [1.54, 1.807) is 6.92 Å². The van der Waals surface area contributed by atoms with Crippen LogP contribution in [0.3, 0.4) is 0 Å². The fourth-order valence-corrected chi connectivity index (χ4v) is 2.84. The fourth-order valence-electron chi connectivity index (χ4n) is 2.84. The smallest absolute Gasteiger partial charge is 0.245 e. The molecule has 0 saturated carbocycles. The third-order valence-electron chi connectivity index (χ3n) is 4.65. The topological polar surface area (TPSA) is 128 Å². The van der Waals surface area contributed by atoms with Gasteiger partial charge in [0.2, 0.25) is 11.8 Å². The van der Waals surface area contributed by atoms with E-state index in [-0.39, 0.29) is 25.4 Å². The summed E-state index contributed by atoms with van der Waals surface area (Å²) in [7, 11) is 0. The number of aliphatic hydroxyl groups is 2. The van der Waals surface area contributed by atoms with Crippen molar-refractivity contribution in [3.63, 3.8) is 0 Å². The zero-order valence-corrected chi connectivity index (χ0v) is 17.1. The Morgan fingerprint density at radius 2 is 1.79 bits per heavy atom. The summed E-state index contributed by atoms with van der Waals surface area (Å²) in [5, 5.41) is 23.9. The summed E-state index contributed by atoms with van der Waals surface area (Å²) < 4.78 is 5.07. The SMILES string of the molecule is C=C(C)CC(NC(=O)C(CO)NC(=O)CCCCC(C)C)C(=O)[C@@]1(CO)CO1. The van der Waals surface area contributed by atoms with Crippen LogP contribution in [0.4, 0.5) is 0 Å². The van der Waals surface area contributed by atoms with Crippen molar-refractivity contribution in [2.75, 3.05) is 19.8 Å². The molecular weight excluding hydrogens is 364 g/mol. The van der Waals surface area contributed by atoms with Gasteiger partial charge >= 0.3 is 0 Å². The molecule has 1 fully saturated rings. The summed E-state index contributed by atoms with van der Waals surface area (Å²) >= 11 is 0. The number of rotatable bonds is 14. The first kappa shape index (κ1) is 24.3. The first-order valence-electron chi connectivity index (χ1n) is 9.79. The minimum atomic E-state index is -1.28. The highest BCUT2D eigenvalue weighted by molar-refractivity contribution is 5.98. The van der Waals surface area contributed by atoms with Crippen LogP contribution in [0, 0.1) is 5.92 Å². The van der Waals surface area contributed by atoms with Crippen LogP contribution in [0.2, 0.25) is 0 Å². The van der Waals surface area contributed by atoms with Gasteiger partial charge in [0, 0.05) is 6.42 Å². The lowest BCUT2D eigenvalue weighted by molar-refractivity contribution is -0.134. The molecule has 0 spiro atoms. The molecule has 2 unspecified atom stereocenters. The third kappa shape index (κ3) is 7.69. The molecule has 2 amide bonds. The Labute approximate surface area is 166 Å². The van der Waals surface area contributed by atoms with Crippen LogP contribution in [0.1, 0.15) is 52.9 Å². The van der Waals surface area contributed by atoms with Crippen LogP contribution < -0.4 is 10.6 Å². The number of epoxide rings is 1. The molecule has 0 aliphatic carbocycles. The lowest BCUT2D eigenvalue weighted by Crippen LogP contribution is -2.55. The van der Waals surface area contributed by atoms with Gasteiger partial charge in [-0.05, 0) is 25.7 Å². The number of aliphatic hydroxyl groups excluding tert-OH is 2. The van der Waals surface area contributed by atoms with E-state index in [1.165, 1.54) is 0 Å². The van der Waals surface area contributed by atoms with Crippen LogP contribution in [0.5, 0.6) is 0 Å². The van der Waals surface area contributed by atoms with Gasteiger partial charge in [0.15, 0.2) is 11.4 Å². The van der Waals surface area contributed by atoms with Crippen LogP contribution in [0.15, 0.2) is 12.2 Å². The van der Waals surface area contributed by atoms with Gasteiger partial charge in [-0.25, -0.2) is 0 Å². The molecule has 0 radical (unpaired) electrons. The van der Waals surface area contributed by atoms with Gasteiger partial charge in [-0.15, -0.1) is 6.58 Å². The van der Waals surface area contributed by atoms with E-state index in [9.17, 15) is 24.6 Å². The number of ketones is 1. The molecule has 0 aromatic rings. The van der Waals surface area contributed by atoms with E-state index in [0.29, 0.717) is 17.9 Å². The summed E-state index contributed by atoms with van der Waals surface area (Å²) in [6, 6.07) is -2.10. The Morgan fingerprint density at radius 3 is 2.25 bits per heavy atom. The Bertz CT molecular complexity index is 571. The number of nitrogens with one attached hydrogen (secondary N) is 2. The maximum Gasteiger partial charge on any atom is 0.245 e. The Balaban J connectivity index is 2.61. The zero-order valence-electron chi connectivity index (χ0n) is 17.1. The lowest BCUT2D eigenvalue weighted by Gasteiger charge is -2.23. The Kier molecular flexibility index (Phi) is 9.78. The molecule has 160 valence electrons. The van der Waals surface area contributed by atoms with Crippen molar-refractivity contribution in [2.45, 2.75) is 70.6 Å². The van der Waals surface area contributed by atoms with Gasteiger partial charge in [-0.1, -0.05) is 32.3 Å². The maximum atomic E-state index is 12.6. The van der Waals surface area contributed by atoms with Crippen LogP contribution >= 0.6 is 0 Å². The number of hydrogen-bond donors (Lipinski definition) is 4. The van der Waals surface area contributed by atoms with E-state index in [1.807, 2.05) is 0 Å². The second-order valence-corrected chi connectivity index (χ2v) is 7.97. The average molecular weight is 399 g/mol. The molecule has 8 heteroatoms. The van der Waals surface area contributed by atoms with Gasteiger partial charge in [0.25, 0.3) is 0 Å². The molecule has 4 N–H and O–H groups in total. The third-order valence-corrected chi connectivity index (χ3v) is 4.65. The highest BCUT2D eigenvalue weighted by Gasteiger charge is 2.54. The molecule has 8 nitrogen and oxygen atoms in total. The molecule has 1 aliphatic rings. The molecule has 0 aromatic heterocycles. The summed E-state index contributed by atoms with van der Waals surface area (Å²) in [4.78, 5) is 37.1. The first-order valence-corrected chi connectivity index (χ1v) is 9.79. The second kappa shape index (κ2) is 11.3. The normalized spacial score (nSPS) is 20.4. The number of carbonyl (C=O) groups is 3. The molecule has 1 heterocycles. The largest absolute Gasteiger partial charge is 0.394 e. The summed E-state index contributed by atoms with van der Waals surface area (Å²) in [6.45, 7) is 8.75. The van der Waals surface area contributed by atoms with Gasteiger partial charge < -0.3 is 25.6 Å². The number of amides is 2. The van der Waals surface area contributed by atoms with Crippen molar-refractivity contribution < 1.29 is 29.3 Å². The van der Waals surface area contributed by atoms with Gasteiger partial charge in [0.1, 0.15) is 6.04 Å². The van der Waals surface area contributed by atoms with Crippen molar-refractivity contribution in [1.82, 2.24) is 10.6 Å². The number of Topliss-reactive ketones (excluding diaryl/α,β-unsaturated/α-hetero) is 1. The van der Waals surface area contributed by atoms with Crippen molar-refractivity contribution in [2.24, 2.45) is 5.92 Å². The highest BCUT2D eigenvalue weighted by atomic mass is 16.6. The first-order chi connectivity index (χ1) is 13.1. The molecular formula is C20H34N2O6. The van der Waals surface area contributed by atoms with Crippen molar-refractivity contribution in [3.05, 3.63) is 12.2 Å². The van der Waals surface area contributed by atoms with E-state index in [2.05, 4.69) is 31.1 Å². The van der Waals surface area contributed by atoms with E-state index < -0.39 is 42.6 Å². The monoisotopic (exact) mass is 398 g/mol. The van der Waals surface area contributed by atoms with Crippen molar-refractivity contribution >= 4 is 17.6 Å². The average Bonchev–Trinajstić information content (AvgIpc) is 3.42. The van der Waals surface area contributed by atoms with E-state index >= 15 is 0 Å². The summed E-state index contributed by atoms with van der Waals surface area (Å²) in [6.07, 6.45) is 3.09. The number of carbonyl (C=O) groups excluding carboxylic acids is 3. The predicted molar refractivity (Wildman–Crippen MR) is 104 cm³/mol. The quantitative estimate of drug-likeness (QED) is 0.191. The molecule has 28 heavy (non-hydrogen) atoms. The van der Waals surface area contributed by atoms with E-state index in [0.717, 1.165) is 12.8 Å². The standard InChI is InChI=1S/C20H34N2O6/c1-13(2)7-5-6-8-17(25)21-16(10-23)19(27)22-15(9-14(3)4)18(26)20(11-24)12-28-20/h13,15-16,23-24H,3,5-12H2,1-2,4H3,(H,21,25)(H,22,27)/t15?,16?,20-/m1/s1. The molecule has 0 aromatic carbocycles. The molecule has 1 saturated heterocycles. The van der Waals surface area contributed by atoms with Crippen molar-refractivity contribution in [3.8, 4) is 0 Å². The lowest BCUT2D eigenvalue weighted by atomic mass is 9.94. The number of hydrogen-bond acceptors (Lipinski definition) is 6. The van der Waals surface area contributed by atoms with Crippen LogP contribution in [-0.2, 0) is 19.1 Å². The maximum absolute atomic E-state index is 12.6. The summed E-state index contributed by atoms with van der Waals surface area (Å²) in [5.74, 6) is -0.855. The van der Waals surface area contributed by atoms with Crippen LogP contribution in [-0.4, -0.2) is 65.3 Å². The number of unbranched alkanes of at least 4 members (excludes halogenated alkanes) is 1. The minimum absolute atomic E-state index is 0.0986. The Hall–Kier alpha value is -1.77. The molecule has 1 rings (SSSR count). The molecule has 3 atom stereocenters. The van der Waals surface area contributed by atoms with Gasteiger partial charge in [0.05, 0.1) is 25.9 Å². The number of ether oxygens (including phenoxy) is 1. The van der Waals surface area contributed by atoms with Crippen molar-refractivity contribution in [1.29, 1.82) is 0 Å². The second-order valence-electron chi connectivity index (χ2n) is 7.97. The zero-order chi connectivity index (χ0) is 21.3. The fraction of sp³-hybridized carbons (Fsp3) is 0.750. The summed E-state index contributed by atoms with van der Waals surface area (Å²) in [5.41, 5.74) is -0.607. The van der Waals surface area contributed by atoms with E-state index in [4.69, 9.17) is 4.74 Å². The van der Waals surface area contributed by atoms with Gasteiger partial charge in [-0.3, -0.25) is 14.4 Å². The van der Waals surface area contributed by atoms with Gasteiger partial charge in [-0.2, -0.15) is 0 Å².